The van der Waals surface area contributed by atoms with E-state index in [4.69, 9.17) is 11.6 Å². The van der Waals surface area contributed by atoms with E-state index in [1.165, 1.54) is 4.57 Å². The highest BCUT2D eigenvalue weighted by molar-refractivity contribution is 6.35. The minimum atomic E-state index is -0.0561. The number of halogens is 1. The largest absolute Gasteiger partial charge is 0.357 e. The van der Waals surface area contributed by atoms with Crippen LogP contribution in [0.3, 0.4) is 0 Å². The molecule has 2 aromatic rings. The Kier molecular flexibility index (Phi) is 1.48. The van der Waals surface area contributed by atoms with Crippen LogP contribution in [0.4, 0.5) is 0 Å². The smallest absolute Gasteiger partial charge is 0.274 e. The molecule has 0 bridgehead atoms. The van der Waals surface area contributed by atoms with Crippen LogP contribution in [0.25, 0.3) is 10.9 Å². The number of hydrogen-bond acceptors (Lipinski definition) is 1. The van der Waals surface area contributed by atoms with Crippen molar-refractivity contribution in [2.45, 2.75) is 0 Å². The van der Waals surface area contributed by atoms with E-state index in [-0.39, 0.29) is 5.56 Å². The number of aryl methyl sites for hydroxylation is 1. The van der Waals surface area contributed by atoms with Crippen molar-refractivity contribution in [3.05, 3.63) is 33.8 Å². The Morgan fingerprint density at radius 1 is 1.58 bits per heavy atom. The number of nitrogens with zero attached hydrogens (tertiary/aromatic N) is 1. The van der Waals surface area contributed by atoms with Gasteiger partial charge in [0.1, 0.15) is 5.52 Å². The normalized spacial score (nSPS) is 10.8. The third-order valence-electron chi connectivity index (χ3n) is 1.85. The summed E-state index contributed by atoms with van der Waals surface area (Å²) in [5, 5.41) is 1.37. The lowest BCUT2D eigenvalue weighted by atomic mass is 10.3. The van der Waals surface area contributed by atoms with Gasteiger partial charge in [0.05, 0.1) is 5.02 Å². The van der Waals surface area contributed by atoms with Crippen molar-refractivity contribution in [2.75, 3.05) is 0 Å². The molecule has 0 spiro atoms. The van der Waals surface area contributed by atoms with E-state index in [2.05, 4.69) is 4.98 Å². The fourth-order valence-corrected chi connectivity index (χ4v) is 1.52. The first-order valence-electron chi connectivity index (χ1n) is 3.52. The van der Waals surface area contributed by atoms with Crippen molar-refractivity contribution in [3.8, 4) is 0 Å². The van der Waals surface area contributed by atoms with Gasteiger partial charge in [-0.2, -0.15) is 0 Å². The van der Waals surface area contributed by atoms with Crippen molar-refractivity contribution in [2.24, 2.45) is 7.05 Å². The Morgan fingerprint density at radius 3 is 3.08 bits per heavy atom. The van der Waals surface area contributed by atoms with E-state index < -0.39 is 0 Å². The Bertz CT molecular complexity index is 483. The topological polar surface area (TPSA) is 37.8 Å². The van der Waals surface area contributed by atoms with E-state index in [1.54, 1.807) is 25.5 Å². The van der Waals surface area contributed by atoms with Gasteiger partial charge in [0.15, 0.2) is 0 Å². The molecule has 0 aliphatic heterocycles. The molecule has 0 aliphatic rings. The van der Waals surface area contributed by atoms with E-state index in [1.807, 2.05) is 0 Å². The number of aromatic amines is 1. The highest BCUT2D eigenvalue weighted by Gasteiger charge is 2.04. The zero-order chi connectivity index (χ0) is 8.72. The van der Waals surface area contributed by atoms with Crippen molar-refractivity contribution < 1.29 is 0 Å². The number of pyridine rings is 1. The number of H-pyrrole nitrogens is 1. The summed E-state index contributed by atoms with van der Waals surface area (Å²) in [4.78, 5) is 14.3. The molecule has 0 amide bonds. The average molecular weight is 183 g/mol. The molecule has 0 unspecified atom stereocenters. The monoisotopic (exact) mass is 182 g/mol. The fraction of sp³-hybridized carbons (Fsp3) is 0.125. The van der Waals surface area contributed by atoms with E-state index in [9.17, 15) is 4.79 Å². The number of fused-ring (bicyclic) bond motifs is 1. The number of nitrogens with one attached hydrogen (secondary N) is 1. The van der Waals surface area contributed by atoms with Gasteiger partial charge in [-0.25, -0.2) is 0 Å². The fourth-order valence-electron chi connectivity index (χ4n) is 1.22. The first-order chi connectivity index (χ1) is 5.70. The van der Waals surface area contributed by atoms with Gasteiger partial charge >= 0.3 is 0 Å². The van der Waals surface area contributed by atoms with Gasteiger partial charge in [0, 0.05) is 24.8 Å². The van der Waals surface area contributed by atoms with Gasteiger partial charge in [0.25, 0.3) is 5.56 Å². The van der Waals surface area contributed by atoms with Crippen LogP contribution in [0.1, 0.15) is 0 Å². The SMILES string of the molecule is Cn1cc(Cl)c2cc[nH]c2c1=O. The lowest BCUT2D eigenvalue weighted by Crippen LogP contribution is -2.15. The van der Waals surface area contributed by atoms with Crippen molar-refractivity contribution >= 4 is 22.5 Å². The van der Waals surface area contributed by atoms with Crippen LogP contribution in [0.15, 0.2) is 23.3 Å². The molecule has 4 heteroatoms. The Labute approximate surface area is 73.6 Å². The Morgan fingerprint density at radius 2 is 2.33 bits per heavy atom. The van der Waals surface area contributed by atoms with Crippen LogP contribution in [-0.4, -0.2) is 9.55 Å². The molecule has 0 aliphatic carbocycles. The maximum atomic E-state index is 11.4. The first kappa shape index (κ1) is 7.43. The summed E-state index contributed by atoms with van der Waals surface area (Å²) in [5.41, 5.74) is 0.504. The standard InChI is InChI=1S/C8H7ClN2O/c1-11-4-6(9)5-2-3-10-7(5)8(11)12/h2-4,10H,1H3. The second-order valence-corrected chi connectivity index (χ2v) is 3.07. The van der Waals surface area contributed by atoms with Gasteiger partial charge in [-0.15, -0.1) is 0 Å². The molecule has 0 fully saturated rings. The van der Waals surface area contributed by atoms with Crippen molar-refractivity contribution in [1.82, 2.24) is 9.55 Å². The van der Waals surface area contributed by atoms with Crippen LogP contribution in [0, 0.1) is 0 Å². The predicted molar refractivity (Wildman–Crippen MR) is 48.5 cm³/mol. The van der Waals surface area contributed by atoms with Crippen LogP contribution in [0.5, 0.6) is 0 Å². The summed E-state index contributed by atoms with van der Waals surface area (Å²) in [6.07, 6.45) is 3.32. The number of rotatable bonds is 0. The molecule has 2 heterocycles. The van der Waals surface area contributed by atoms with Gasteiger partial charge in [0.2, 0.25) is 0 Å². The van der Waals surface area contributed by atoms with Crippen molar-refractivity contribution in [1.29, 1.82) is 0 Å². The molecular weight excluding hydrogens is 176 g/mol. The lowest BCUT2D eigenvalue weighted by molar-refractivity contribution is 0.870. The van der Waals surface area contributed by atoms with Crippen LogP contribution < -0.4 is 5.56 Å². The molecule has 0 radical (unpaired) electrons. The summed E-state index contributed by atoms with van der Waals surface area (Å²) in [6, 6.07) is 1.79. The maximum Gasteiger partial charge on any atom is 0.274 e. The zero-order valence-corrected chi connectivity index (χ0v) is 7.22. The van der Waals surface area contributed by atoms with E-state index in [0.717, 1.165) is 5.39 Å². The van der Waals surface area contributed by atoms with Crippen molar-refractivity contribution in [3.63, 3.8) is 0 Å². The predicted octanol–water partition coefficient (Wildman–Crippen LogP) is 1.52. The minimum Gasteiger partial charge on any atom is -0.357 e. The van der Waals surface area contributed by atoms with E-state index >= 15 is 0 Å². The number of aromatic nitrogens is 2. The Hall–Kier alpha value is -1.22. The molecule has 3 nitrogen and oxygen atoms in total. The van der Waals surface area contributed by atoms with Gasteiger partial charge in [-0.3, -0.25) is 4.79 Å². The summed E-state index contributed by atoms with van der Waals surface area (Å²) < 4.78 is 1.46. The lowest BCUT2D eigenvalue weighted by Gasteiger charge is -1.98. The molecule has 0 saturated heterocycles. The van der Waals surface area contributed by atoms with Gasteiger partial charge < -0.3 is 9.55 Å². The van der Waals surface area contributed by atoms with Crippen LogP contribution in [0.2, 0.25) is 5.02 Å². The third kappa shape index (κ3) is 0.865. The molecule has 0 aromatic carbocycles. The summed E-state index contributed by atoms with van der Waals surface area (Å²) >= 11 is 5.90. The molecule has 0 atom stereocenters. The molecule has 2 aromatic heterocycles. The second kappa shape index (κ2) is 2.38. The zero-order valence-electron chi connectivity index (χ0n) is 6.47. The molecule has 0 saturated carbocycles. The summed E-state index contributed by atoms with van der Waals surface area (Å²) in [6.45, 7) is 0. The first-order valence-corrected chi connectivity index (χ1v) is 3.90. The highest BCUT2D eigenvalue weighted by Crippen LogP contribution is 2.18. The Balaban J connectivity index is 3.07. The summed E-state index contributed by atoms with van der Waals surface area (Å²) in [7, 11) is 1.68. The molecular formula is C8H7ClN2O. The molecule has 62 valence electrons. The third-order valence-corrected chi connectivity index (χ3v) is 2.15. The molecule has 2 rings (SSSR count). The molecule has 12 heavy (non-hydrogen) atoms. The summed E-state index contributed by atoms with van der Waals surface area (Å²) in [5.74, 6) is 0. The quantitative estimate of drug-likeness (QED) is 0.659. The highest BCUT2D eigenvalue weighted by atomic mass is 35.5. The average Bonchev–Trinajstić information content (AvgIpc) is 2.48. The number of hydrogen-bond donors (Lipinski definition) is 1. The van der Waals surface area contributed by atoms with Crippen LogP contribution >= 0.6 is 11.6 Å². The maximum absolute atomic E-state index is 11.4. The minimum absolute atomic E-state index is 0.0561. The second-order valence-electron chi connectivity index (χ2n) is 2.66. The van der Waals surface area contributed by atoms with E-state index in [0.29, 0.717) is 10.5 Å². The van der Waals surface area contributed by atoms with Gasteiger partial charge in [-0.1, -0.05) is 11.6 Å². The van der Waals surface area contributed by atoms with Gasteiger partial charge in [-0.05, 0) is 6.07 Å². The molecule has 1 N–H and O–H groups in total. The van der Waals surface area contributed by atoms with Crippen LogP contribution in [-0.2, 0) is 7.05 Å².